The van der Waals surface area contributed by atoms with E-state index in [4.69, 9.17) is 0 Å². The second-order valence-corrected chi connectivity index (χ2v) is 6.14. The average molecular weight is 309 g/mol. The summed E-state index contributed by atoms with van der Waals surface area (Å²) in [5.41, 5.74) is 2.04. The van der Waals surface area contributed by atoms with E-state index in [1.165, 1.54) is 5.56 Å². The van der Waals surface area contributed by atoms with Gasteiger partial charge in [0.25, 0.3) is 0 Å². The van der Waals surface area contributed by atoms with Gasteiger partial charge < -0.3 is 4.90 Å². The van der Waals surface area contributed by atoms with Crippen molar-refractivity contribution in [1.82, 2.24) is 9.88 Å². The molecule has 1 aromatic heterocycles. The van der Waals surface area contributed by atoms with Crippen LogP contribution in [0.1, 0.15) is 28.8 Å². The molecular weight excluding hydrogens is 286 g/mol. The van der Waals surface area contributed by atoms with Crippen LogP contribution < -0.4 is 4.90 Å². The number of pyridine rings is 1. The van der Waals surface area contributed by atoms with Crippen LogP contribution in [0.3, 0.4) is 0 Å². The van der Waals surface area contributed by atoms with Gasteiger partial charge in [-0.25, -0.2) is 4.98 Å². The molecule has 0 spiro atoms. The monoisotopic (exact) mass is 309 g/mol. The molecule has 0 amide bonds. The molecule has 0 aliphatic carbocycles. The largest absolute Gasteiger partial charge is 0.356 e. The lowest BCUT2D eigenvalue weighted by Gasteiger charge is -2.37. The minimum absolute atomic E-state index is 0.440. The maximum atomic E-state index is 11.2. The van der Waals surface area contributed by atoms with Crippen molar-refractivity contribution in [2.75, 3.05) is 25.0 Å². The molecule has 4 nitrogen and oxygen atoms in total. The lowest BCUT2D eigenvalue weighted by molar-refractivity contribution is 0.112. The van der Waals surface area contributed by atoms with Crippen LogP contribution in [-0.2, 0) is 6.54 Å². The molecule has 2 heterocycles. The second-order valence-electron chi connectivity index (χ2n) is 6.14. The molecule has 1 aliphatic heterocycles. The van der Waals surface area contributed by atoms with Crippen molar-refractivity contribution >= 4 is 12.1 Å². The number of nitrogens with zero attached hydrogens (tertiary/aromatic N) is 3. The molecule has 1 fully saturated rings. The van der Waals surface area contributed by atoms with E-state index in [9.17, 15) is 4.79 Å². The Kier molecular flexibility index (Phi) is 5.03. The molecule has 4 heteroatoms. The molecule has 3 rings (SSSR count). The number of carbonyl (C=O) groups excluding carboxylic acids is 1. The van der Waals surface area contributed by atoms with E-state index in [0.717, 1.165) is 44.6 Å². The van der Waals surface area contributed by atoms with Gasteiger partial charge in [-0.05, 0) is 30.5 Å². The van der Waals surface area contributed by atoms with Crippen molar-refractivity contribution < 1.29 is 4.79 Å². The minimum Gasteiger partial charge on any atom is -0.356 e. The molecular formula is C19H23N3O. The first-order valence-corrected chi connectivity index (χ1v) is 8.17. The zero-order valence-corrected chi connectivity index (χ0v) is 13.6. The summed E-state index contributed by atoms with van der Waals surface area (Å²) in [6.45, 7) is 3.17. The zero-order chi connectivity index (χ0) is 16.1. The predicted octanol–water partition coefficient (Wildman–Crippen LogP) is 2.99. The molecule has 1 aliphatic rings. The maximum Gasteiger partial charge on any atom is 0.153 e. The summed E-state index contributed by atoms with van der Waals surface area (Å²) in [5, 5.41) is 0. The molecule has 1 saturated heterocycles. The fourth-order valence-electron chi connectivity index (χ4n) is 3.28. The lowest BCUT2D eigenvalue weighted by atomic mass is 10.0. The number of aromatic nitrogens is 1. The molecule has 0 radical (unpaired) electrons. The molecule has 0 bridgehead atoms. The summed E-state index contributed by atoms with van der Waals surface area (Å²) in [6, 6.07) is 14.7. The molecule has 0 unspecified atom stereocenters. The highest BCUT2D eigenvalue weighted by Gasteiger charge is 2.24. The van der Waals surface area contributed by atoms with Crippen molar-refractivity contribution in [3.8, 4) is 0 Å². The number of benzene rings is 1. The lowest BCUT2D eigenvalue weighted by Crippen LogP contribution is -2.43. The smallest absolute Gasteiger partial charge is 0.153 e. The summed E-state index contributed by atoms with van der Waals surface area (Å²) in [6.07, 6.45) is 4.84. The topological polar surface area (TPSA) is 36.4 Å². The van der Waals surface area contributed by atoms with Gasteiger partial charge in [0.05, 0.1) is 5.56 Å². The molecule has 0 saturated carbocycles. The van der Waals surface area contributed by atoms with Crippen molar-refractivity contribution in [3.05, 3.63) is 59.8 Å². The van der Waals surface area contributed by atoms with E-state index in [1.807, 2.05) is 19.2 Å². The Morgan fingerprint density at radius 2 is 1.91 bits per heavy atom. The van der Waals surface area contributed by atoms with Crippen molar-refractivity contribution in [1.29, 1.82) is 0 Å². The van der Waals surface area contributed by atoms with E-state index in [2.05, 4.69) is 45.1 Å². The maximum absolute atomic E-state index is 11.2. The molecule has 23 heavy (non-hydrogen) atoms. The third-order valence-electron chi connectivity index (χ3n) is 4.63. The summed E-state index contributed by atoms with van der Waals surface area (Å²) in [4.78, 5) is 20.3. The van der Waals surface area contributed by atoms with E-state index in [1.54, 1.807) is 6.20 Å². The number of rotatable bonds is 5. The van der Waals surface area contributed by atoms with Crippen LogP contribution in [0.2, 0.25) is 0 Å². The third kappa shape index (κ3) is 3.77. The van der Waals surface area contributed by atoms with Crippen LogP contribution in [0.25, 0.3) is 0 Å². The number of piperidine rings is 1. The van der Waals surface area contributed by atoms with Gasteiger partial charge in [0, 0.05) is 38.9 Å². The molecule has 120 valence electrons. The second kappa shape index (κ2) is 7.38. The summed E-state index contributed by atoms with van der Waals surface area (Å²) in [7, 11) is 2.05. The predicted molar refractivity (Wildman–Crippen MR) is 92.8 cm³/mol. The van der Waals surface area contributed by atoms with Gasteiger partial charge in [0.15, 0.2) is 6.29 Å². The highest BCUT2D eigenvalue weighted by atomic mass is 16.1. The molecule has 0 N–H and O–H groups in total. The molecule has 1 aromatic carbocycles. The summed E-state index contributed by atoms with van der Waals surface area (Å²) < 4.78 is 0. The fraction of sp³-hybridized carbons (Fsp3) is 0.368. The van der Waals surface area contributed by atoms with E-state index < -0.39 is 0 Å². The summed E-state index contributed by atoms with van der Waals surface area (Å²) in [5.74, 6) is 0.795. The first-order valence-electron chi connectivity index (χ1n) is 8.17. The number of hydrogen-bond donors (Lipinski definition) is 0. The van der Waals surface area contributed by atoms with Crippen LogP contribution in [0.5, 0.6) is 0 Å². The SMILES string of the molecule is CN(c1ncccc1C=O)C1CCN(Cc2ccccc2)CC1. The quantitative estimate of drug-likeness (QED) is 0.796. The van der Waals surface area contributed by atoms with Crippen LogP contribution in [0, 0.1) is 0 Å². The van der Waals surface area contributed by atoms with E-state index in [-0.39, 0.29) is 0 Å². The Morgan fingerprint density at radius 3 is 2.61 bits per heavy atom. The number of aldehydes is 1. The third-order valence-corrected chi connectivity index (χ3v) is 4.63. The van der Waals surface area contributed by atoms with Gasteiger partial charge in [-0.1, -0.05) is 30.3 Å². The molecule has 0 atom stereocenters. The fourth-order valence-corrected chi connectivity index (χ4v) is 3.28. The summed E-state index contributed by atoms with van der Waals surface area (Å²) >= 11 is 0. The number of likely N-dealkylation sites (tertiary alicyclic amines) is 1. The Morgan fingerprint density at radius 1 is 1.17 bits per heavy atom. The average Bonchev–Trinajstić information content (AvgIpc) is 2.62. The van der Waals surface area contributed by atoms with Crippen molar-refractivity contribution in [3.63, 3.8) is 0 Å². The zero-order valence-electron chi connectivity index (χ0n) is 13.6. The van der Waals surface area contributed by atoms with Gasteiger partial charge in [0.1, 0.15) is 5.82 Å². The van der Waals surface area contributed by atoms with Gasteiger partial charge in [-0.2, -0.15) is 0 Å². The first kappa shape index (κ1) is 15.7. The highest BCUT2D eigenvalue weighted by Crippen LogP contribution is 2.23. The minimum atomic E-state index is 0.440. The molecule has 2 aromatic rings. The Labute approximate surface area is 137 Å². The Hall–Kier alpha value is -2.20. The van der Waals surface area contributed by atoms with Crippen LogP contribution in [-0.4, -0.2) is 42.3 Å². The first-order chi connectivity index (χ1) is 11.3. The Bertz CT molecular complexity index is 636. The highest BCUT2D eigenvalue weighted by molar-refractivity contribution is 5.82. The van der Waals surface area contributed by atoms with Crippen molar-refractivity contribution in [2.24, 2.45) is 0 Å². The van der Waals surface area contributed by atoms with Gasteiger partial charge in [-0.15, -0.1) is 0 Å². The van der Waals surface area contributed by atoms with Crippen LogP contribution in [0.4, 0.5) is 5.82 Å². The van der Waals surface area contributed by atoms with Crippen LogP contribution in [0.15, 0.2) is 48.7 Å². The standard InChI is InChI=1S/C19H23N3O/c1-21(19-17(15-23)8-5-11-20-19)18-9-12-22(13-10-18)14-16-6-3-2-4-7-16/h2-8,11,15,18H,9-10,12-14H2,1H3. The Balaban J connectivity index is 1.59. The van der Waals surface area contributed by atoms with E-state index >= 15 is 0 Å². The van der Waals surface area contributed by atoms with Gasteiger partial charge >= 0.3 is 0 Å². The van der Waals surface area contributed by atoms with Crippen molar-refractivity contribution in [2.45, 2.75) is 25.4 Å². The number of hydrogen-bond acceptors (Lipinski definition) is 4. The van der Waals surface area contributed by atoms with Gasteiger partial charge in [-0.3, -0.25) is 9.69 Å². The van der Waals surface area contributed by atoms with E-state index in [0.29, 0.717) is 11.6 Å². The van der Waals surface area contributed by atoms with Crippen LogP contribution >= 0.6 is 0 Å². The number of anilines is 1. The normalized spacial score (nSPS) is 16.2. The number of carbonyl (C=O) groups is 1. The van der Waals surface area contributed by atoms with Gasteiger partial charge in [0.2, 0.25) is 0 Å².